The van der Waals surface area contributed by atoms with Crippen LogP contribution < -0.4 is 10.1 Å². The number of hydrogen-bond donors (Lipinski definition) is 1. The number of methoxy groups -OCH3 is 1. The number of nitrogens with zero attached hydrogens (tertiary/aromatic N) is 2. The van der Waals surface area contributed by atoms with E-state index in [9.17, 15) is 13.2 Å². The Balaban J connectivity index is 2.53. The Morgan fingerprint density at radius 1 is 1.14 bits per heavy atom. The average Bonchev–Trinajstić information content (AvgIpc) is 2.49. The predicted octanol–water partition coefficient (Wildman–Crippen LogP) is 2.60. The van der Waals surface area contributed by atoms with Gasteiger partial charge in [0.25, 0.3) is 0 Å². The maximum atomic E-state index is 13.4. The quantitative estimate of drug-likeness (QED) is 0.862. The van der Waals surface area contributed by atoms with Gasteiger partial charge in [0, 0.05) is 12.4 Å². The molecule has 0 radical (unpaired) electrons. The summed E-state index contributed by atoms with van der Waals surface area (Å²) in [6, 6.07) is 1.20. The fourth-order valence-corrected chi connectivity index (χ4v) is 2.01. The van der Waals surface area contributed by atoms with Gasteiger partial charge in [-0.1, -0.05) is 6.92 Å². The van der Waals surface area contributed by atoms with Gasteiger partial charge in [0.05, 0.1) is 13.2 Å². The predicted molar refractivity (Wildman–Crippen MR) is 70.4 cm³/mol. The van der Waals surface area contributed by atoms with E-state index in [1.807, 2.05) is 6.92 Å². The minimum Gasteiger partial charge on any atom is -0.480 e. The van der Waals surface area contributed by atoms with E-state index in [2.05, 4.69) is 15.3 Å². The summed E-state index contributed by atoms with van der Waals surface area (Å²) in [7, 11) is 1.42. The summed E-state index contributed by atoms with van der Waals surface area (Å²) in [5, 5.41) is 3.03. The highest BCUT2D eigenvalue weighted by atomic mass is 19.2. The molecule has 1 N–H and O–H groups in total. The molecule has 21 heavy (non-hydrogen) atoms. The van der Waals surface area contributed by atoms with Crippen LogP contribution in [0, 0.1) is 17.5 Å². The summed E-state index contributed by atoms with van der Waals surface area (Å²) in [5.41, 5.74) is 0.569. The van der Waals surface area contributed by atoms with Crippen molar-refractivity contribution in [2.75, 3.05) is 13.7 Å². The van der Waals surface area contributed by atoms with Gasteiger partial charge in [-0.2, -0.15) is 0 Å². The number of benzene rings is 1. The third-order valence-corrected chi connectivity index (χ3v) is 2.91. The van der Waals surface area contributed by atoms with Crippen LogP contribution in [0.25, 0.3) is 0 Å². The van der Waals surface area contributed by atoms with Crippen molar-refractivity contribution in [3.8, 4) is 5.88 Å². The average molecular weight is 297 g/mol. The molecule has 7 heteroatoms. The lowest BCUT2D eigenvalue weighted by molar-refractivity contribution is 0.382. The zero-order chi connectivity index (χ0) is 15.4. The Morgan fingerprint density at radius 2 is 1.76 bits per heavy atom. The first-order valence-corrected chi connectivity index (χ1v) is 6.31. The van der Waals surface area contributed by atoms with Crippen LogP contribution in [-0.4, -0.2) is 23.6 Å². The smallest absolute Gasteiger partial charge is 0.237 e. The van der Waals surface area contributed by atoms with E-state index in [1.54, 1.807) is 0 Å². The van der Waals surface area contributed by atoms with Crippen LogP contribution in [0.5, 0.6) is 5.88 Å². The highest BCUT2D eigenvalue weighted by Gasteiger charge is 2.23. The monoisotopic (exact) mass is 297 g/mol. The molecule has 1 atom stereocenters. The highest BCUT2D eigenvalue weighted by molar-refractivity contribution is 5.33. The van der Waals surface area contributed by atoms with Crippen molar-refractivity contribution in [3.63, 3.8) is 0 Å². The first-order valence-electron chi connectivity index (χ1n) is 6.31. The van der Waals surface area contributed by atoms with Crippen molar-refractivity contribution in [3.05, 3.63) is 53.2 Å². The van der Waals surface area contributed by atoms with Gasteiger partial charge in [-0.25, -0.2) is 18.2 Å². The van der Waals surface area contributed by atoms with E-state index in [4.69, 9.17) is 4.74 Å². The van der Waals surface area contributed by atoms with Crippen LogP contribution in [-0.2, 0) is 0 Å². The van der Waals surface area contributed by atoms with Gasteiger partial charge < -0.3 is 10.1 Å². The Morgan fingerprint density at radius 3 is 2.33 bits per heavy atom. The van der Waals surface area contributed by atoms with Crippen LogP contribution >= 0.6 is 0 Å². The number of aromatic nitrogens is 2. The van der Waals surface area contributed by atoms with Gasteiger partial charge in [0.15, 0.2) is 17.5 Å². The van der Waals surface area contributed by atoms with E-state index >= 15 is 0 Å². The number of hydrogen-bond acceptors (Lipinski definition) is 4. The molecule has 0 aliphatic heterocycles. The van der Waals surface area contributed by atoms with Gasteiger partial charge in [-0.05, 0) is 24.2 Å². The Bertz CT molecular complexity index is 614. The van der Waals surface area contributed by atoms with Gasteiger partial charge in [-0.15, -0.1) is 0 Å². The van der Waals surface area contributed by atoms with E-state index in [1.165, 1.54) is 19.5 Å². The molecule has 2 rings (SSSR count). The zero-order valence-electron chi connectivity index (χ0n) is 11.5. The number of rotatable bonds is 5. The SMILES string of the molecule is CCNC(c1cc(F)c(F)c(F)c1)c1nccnc1OC. The van der Waals surface area contributed by atoms with Crippen molar-refractivity contribution in [1.82, 2.24) is 15.3 Å². The largest absolute Gasteiger partial charge is 0.480 e. The summed E-state index contributed by atoms with van der Waals surface area (Å²) in [6.45, 7) is 2.33. The number of nitrogens with one attached hydrogen (secondary N) is 1. The van der Waals surface area contributed by atoms with Crippen LogP contribution in [0.3, 0.4) is 0 Å². The molecular formula is C14H14F3N3O. The summed E-state index contributed by atoms with van der Waals surface area (Å²) in [5.74, 6) is -3.78. The molecule has 0 spiro atoms. The van der Waals surface area contributed by atoms with Crippen LogP contribution in [0.15, 0.2) is 24.5 Å². The van der Waals surface area contributed by atoms with Gasteiger partial charge in [-0.3, -0.25) is 4.98 Å². The maximum absolute atomic E-state index is 13.4. The minimum atomic E-state index is -1.50. The summed E-state index contributed by atoms with van der Waals surface area (Å²) in [6.07, 6.45) is 2.88. The van der Waals surface area contributed by atoms with Crippen molar-refractivity contribution in [1.29, 1.82) is 0 Å². The standard InChI is InChI=1S/C14H14F3N3O/c1-3-18-12(13-14(21-2)20-5-4-19-13)8-6-9(15)11(17)10(16)7-8/h4-7,12,18H,3H2,1-2H3. The molecular weight excluding hydrogens is 283 g/mol. The molecule has 1 unspecified atom stereocenters. The lowest BCUT2D eigenvalue weighted by Gasteiger charge is -2.19. The molecule has 1 heterocycles. The molecule has 4 nitrogen and oxygen atoms in total. The second-order valence-electron chi connectivity index (χ2n) is 4.24. The Kier molecular flexibility index (Phi) is 4.74. The molecule has 0 fully saturated rings. The zero-order valence-corrected chi connectivity index (χ0v) is 11.5. The fourth-order valence-electron chi connectivity index (χ4n) is 2.01. The van der Waals surface area contributed by atoms with Crippen LogP contribution in [0.2, 0.25) is 0 Å². The summed E-state index contributed by atoms with van der Waals surface area (Å²) < 4.78 is 45.0. The molecule has 1 aromatic heterocycles. The molecule has 0 bridgehead atoms. The first kappa shape index (κ1) is 15.2. The van der Waals surface area contributed by atoms with Gasteiger partial charge in [0.1, 0.15) is 5.69 Å². The molecule has 0 amide bonds. The lowest BCUT2D eigenvalue weighted by atomic mass is 10.0. The van der Waals surface area contributed by atoms with Gasteiger partial charge >= 0.3 is 0 Å². The van der Waals surface area contributed by atoms with E-state index in [0.717, 1.165) is 12.1 Å². The lowest BCUT2D eigenvalue weighted by Crippen LogP contribution is -2.24. The minimum absolute atomic E-state index is 0.201. The molecule has 0 aliphatic carbocycles. The Labute approximate surface area is 120 Å². The first-order chi connectivity index (χ1) is 10.1. The Hall–Kier alpha value is -2.15. The summed E-state index contributed by atoms with van der Waals surface area (Å²) in [4.78, 5) is 8.14. The third kappa shape index (κ3) is 3.13. The van der Waals surface area contributed by atoms with E-state index in [0.29, 0.717) is 12.2 Å². The molecule has 0 aliphatic rings. The van der Waals surface area contributed by atoms with Crippen LogP contribution in [0.1, 0.15) is 24.2 Å². The third-order valence-electron chi connectivity index (χ3n) is 2.91. The second kappa shape index (κ2) is 6.53. The summed E-state index contributed by atoms with van der Waals surface area (Å²) >= 11 is 0. The van der Waals surface area contributed by atoms with Crippen molar-refractivity contribution < 1.29 is 17.9 Å². The van der Waals surface area contributed by atoms with E-state index in [-0.39, 0.29) is 11.4 Å². The number of ether oxygens (including phenoxy) is 1. The number of halogens is 3. The fraction of sp³-hybridized carbons (Fsp3) is 0.286. The van der Waals surface area contributed by atoms with Crippen LogP contribution in [0.4, 0.5) is 13.2 Å². The normalized spacial score (nSPS) is 12.2. The highest BCUT2D eigenvalue weighted by Crippen LogP contribution is 2.28. The maximum Gasteiger partial charge on any atom is 0.237 e. The van der Waals surface area contributed by atoms with Gasteiger partial charge in [0.2, 0.25) is 5.88 Å². The molecule has 112 valence electrons. The van der Waals surface area contributed by atoms with E-state index < -0.39 is 23.5 Å². The van der Waals surface area contributed by atoms with Crippen molar-refractivity contribution >= 4 is 0 Å². The molecule has 2 aromatic rings. The molecule has 0 saturated heterocycles. The topological polar surface area (TPSA) is 47.0 Å². The molecule has 0 saturated carbocycles. The van der Waals surface area contributed by atoms with Crippen molar-refractivity contribution in [2.45, 2.75) is 13.0 Å². The molecule has 1 aromatic carbocycles. The van der Waals surface area contributed by atoms with Crippen molar-refractivity contribution in [2.24, 2.45) is 0 Å². The second-order valence-corrected chi connectivity index (χ2v) is 4.24.